The summed E-state index contributed by atoms with van der Waals surface area (Å²) >= 11 is 0. The second kappa shape index (κ2) is 4.00. The smallest absolute Gasteiger partial charge is 0.0182 e. The Morgan fingerprint density at radius 1 is 1.23 bits per heavy atom. The topological polar surface area (TPSA) is 12.0 Å². The maximum absolute atomic E-state index is 3.75. The van der Waals surface area contributed by atoms with Crippen molar-refractivity contribution < 1.29 is 0 Å². The Bertz CT molecular complexity index is 153. The lowest BCUT2D eigenvalue weighted by Gasteiger charge is -2.31. The first-order chi connectivity index (χ1) is 6.35. The summed E-state index contributed by atoms with van der Waals surface area (Å²) in [6, 6.07) is 0. The van der Waals surface area contributed by atoms with Crippen LogP contribution in [0.2, 0.25) is 0 Å². The molecule has 0 radical (unpaired) electrons. The van der Waals surface area contributed by atoms with E-state index in [9.17, 15) is 0 Å². The number of nitrogens with one attached hydrogen (secondary N) is 1. The largest absolute Gasteiger partial charge is 0.311 e. The monoisotopic (exact) mass is 181 g/mol. The van der Waals surface area contributed by atoms with Crippen molar-refractivity contribution in [1.29, 1.82) is 0 Å². The molecule has 1 atom stereocenters. The van der Waals surface area contributed by atoms with E-state index in [0.29, 0.717) is 5.54 Å². The second-order valence-electron chi connectivity index (χ2n) is 5.02. The Morgan fingerprint density at radius 3 is 2.54 bits per heavy atom. The highest BCUT2D eigenvalue weighted by Crippen LogP contribution is 2.36. The summed E-state index contributed by atoms with van der Waals surface area (Å²) in [4.78, 5) is 0. The third kappa shape index (κ3) is 2.07. The van der Waals surface area contributed by atoms with Gasteiger partial charge in [-0.25, -0.2) is 0 Å². The molecule has 1 N–H and O–H groups in total. The van der Waals surface area contributed by atoms with Gasteiger partial charge in [-0.05, 0) is 38.1 Å². The lowest BCUT2D eigenvalue weighted by molar-refractivity contribution is 0.276. The molecule has 1 unspecified atom stereocenters. The van der Waals surface area contributed by atoms with Crippen molar-refractivity contribution >= 4 is 0 Å². The van der Waals surface area contributed by atoms with Crippen LogP contribution in [-0.4, -0.2) is 12.1 Å². The first-order valence-electron chi connectivity index (χ1n) is 6.10. The maximum atomic E-state index is 3.75. The van der Waals surface area contributed by atoms with Gasteiger partial charge < -0.3 is 5.32 Å². The molecule has 1 nitrogen and oxygen atoms in total. The Labute approximate surface area is 82.3 Å². The van der Waals surface area contributed by atoms with Gasteiger partial charge in [-0.15, -0.1) is 0 Å². The SMILES string of the molecule is CCC1(CC2CCCC2)CCCN1. The molecule has 0 amide bonds. The van der Waals surface area contributed by atoms with Gasteiger partial charge in [0.15, 0.2) is 0 Å². The van der Waals surface area contributed by atoms with Gasteiger partial charge in [0, 0.05) is 5.54 Å². The number of rotatable bonds is 3. The predicted octanol–water partition coefficient (Wildman–Crippen LogP) is 3.10. The Kier molecular flexibility index (Phi) is 2.92. The first kappa shape index (κ1) is 9.51. The van der Waals surface area contributed by atoms with Gasteiger partial charge in [0.1, 0.15) is 0 Å². The number of hydrogen-bond acceptors (Lipinski definition) is 1. The first-order valence-corrected chi connectivity index (χ1v) is 6.10. The molecule has 0 aromatic carbocycles. The Balaban J connectivity index is 1.88. The second-order valence-corrected chi connectivity index (χ2v) is 5.02. The van der Waals surface area contributed by atoms with Crippen LogP contribution in [-0.2, 0) is 0 Å². The maximum Gasteiger partial charge on any atom is 0.0182 e. The lowest BCUT2D eigenvalue weighted by Crippen LogP contribution is -2.40. The van der Waals surface area contributed by atoms with Gasteiger partial charge in [0.2, 0.25) is 0 Å². The summed E-state index contributed by atoms with van der Waals surface area (Å²) in [5, 5.41) is 3.75. The Hall–Kier alpha value is -0.0400. The van der Waals surface area contributed by atoms with Crippen molar-refractivity contribution in [2.45, 2.75) is 63.8 Å². The van der Waals surface area contributed by atoms with Crippen molar-refractivity contribution in [3.05, 3.63) is 0 Å². The molecule has 0 aromatic rings. The zero-order valence-electron chi connectivity index (χ0n) is 8.94. The van der Waals surface area contributed by atoms with E-state index in [4.69, 9.17) is 0 Å². The molecule has 1 aliphatic carbocycles. The van der Waals surface area contributed by atoms with Crippen LogP contribution in [0.1, 0.15) is 58.3 Å². The molecule has 0 spiro atoms. The van der Waals surface area contributed by atoms with Gasteiger partial charge in [0.25, 0.3) is 0 Å². The minimum Gasteiger partial charge on any atom is -0.311 e. The van der Waals surface area contributed by atoms with E-state index >= 15 is 0 Å². The third-order valence-electron chi connectivity index (χ3n) is 4.16. The molecule has 13 heavy (non-hydrogen) atoms. The van der Waals surface area contributed by atoms with Crippen LogP contribution < -0.4 is 5.32 Å². The fourth-order valence-electron chi connectivity index (χ4n) is 3.26. The fraction of sp³-hybridized carbons (Fsp3) is 1.00. The van der Waals surface area contributed by atoms with Gasteiger partial charge >= 0.3 is 0 Å². The molecule has 1 aliphatic heterocycles. The highest BCUT2D eigenvalue weighted by atomic mass is 15.0. The predicted molar refractivity (Wildman–Crippen MR) is 56.8 cm³/mol. The van der Waals surface area contributed by atoms with E-state index in [0.717, 1.165) is 5.92 Å². The van der Waals surface area contributed by atoms with E-state index in [1.807, 2.05) is 0 Å². The molecule has 1 heterocycles. The van der Waals surface area contributed by atoms with Crippen LogP contribution in [0, 0.1) is 5.92 Å². The minimum absolute atomic E-state index is 0.551. The zero-order chi connectivity index (χ0) is 9.15. The van der Waals surface area contributed by atoms with Crippen LogP contribution in [0.3, 0.4) is 0 Å². The van der Waals surface area contributed by atoms with Crippen molar-refractivity contribution in [2.24, 2.45) is 5.92 Å². The van der Waals surface area contributed by atoms with Crippen molar-refractivity contribution in [1.82, 2.24) is 5.32 Å². The number of hydrogen-bond donors (Lipinski definition) is 1. The lowest BCUT2D eigenvalue weighted by atomic mass is 9.83. The van der Waals surface area contributed by atoms with E-state index in [-0.39, 0.29) is 0 Å². The highest BCUT2D eigenvalue weighted by Gasteiger charge is 2.34. The summed E-state index contributed by atoms with van der Waals surface area (Å²) in [7, 11) is 0. The molecule has 0 bridgehead atoms. The summed E-state index contributed by atoms with van der Waals surface area (Å²) in [5.74, 6) is 1.05. The van der Waals surface area contributed by atoms with Gasteiger partial charge in [0.05, 0.1) is 0 Å². The molecule has 76 valence electrons. The molecular weight excluding hydrogens is 158 g/mol. The molecule has 2 aliphatic rings. The normalized spacial score (nSPS) is 35.8. The molecule has 0 aromatic heterocycles. The Morgan fingerprint density at radius 2 is 2.00 bits per heavy atom. The van der Waals surface area contributed by atoms with Gasteiger partial charge in [-0.1, -0.05) is 32.6 Å². The van der Waals surface area contributed by atoms with Crippen LogP contribution in [0.25, 0.3) is 0 Å². The average Bonchev–Trinajstić information content (AvgIpc) is 2.77. The van der Waals surface area contributed by atoms with Crippen LogP contribution in [0.15, 0.2) is 0 Å². The van der Waals surface area contributed by atoms with Gasteiger partial charge in [-0.2, -0.15) is 0 Å². The summed E-state index contributed by atoms with van der Waals surface area (Å²) in [5.41, 5.74) is 0.551. The molecule has 2 fully saturated rings. The fourth-order valence-corrected chi connectivity index (χ4v) is 3.26. The van der Waals surface area contributed by atoms with Crippen molar-refractivity contribution in [2.75, 3.05) is 6.54 Å². The molecule has 2 rings (SSSR count). The molecule has 1 saturated heterocycles. The van der Waals surface area contributed by atoms with Crippen LogP contribution in [0.4, 0.5) is 0 Å². The van der Waals surface area contributed by atoms with Gasteiger partial charge in [-0.3, -0.25) is 0 Å². The van der Waals surface area contributed by atoms with E-state index in [1.54, 1.807) is 0 Å². The minimum atomic E-state index is 0.551. The summed E-state index contributed by atoms with van der Waals surface area (Å²) in [6.45, 7) is 3.62. The standard InChI is InChI=1S/C12H23N/c1-2-12(8-5-9-13-12)10-11-6-3-4-7-11/h11,13H,2-10H2,1H3. The van der Waals surface area contributed by atoms with Crippen molar-refractivity contribution in [3.8, 4) is 0 Å². The molecule has 1 heteroatoms. The van der Waals surface area contributed by atoms with Crippen molar-refractivity contribution in [3.63, 3.8) is 0 Å². The van der Waals surface area contributed by atoms with E-state index in [1.165, 1.54) is 57.9 Å². The van der Waals surface area contributed by atoms with E-state index in [2.05, 4.69) is 12.2 Å². The molecular formula is C12H23N. The zero-order valence-corrected chi connectivity index (χ0v) is 8.94. The highest BCUT2D eigenvalue weighted by molar-refractivity contribution is 4.94. The molecule has 1 saturated carbocycles. The summed E-state index contributed by atoms with van der Waals surface area (Å²) < 4.78 is 0. The average molecular weight is 181 g/mol. The van der Waals surface area contributed by atoms with Crippen LogP contribution in [0.5, 0.6) is 0 Å². The van der Waals surface area contributed by atoms with E-state index < -0.39 is 0 Å². The third-order valence-corrected chi connectivity index (χ3v) is 4.16. The summed E-state index contributed by atoms with van der Waals surface area (Å²) in [6.07, 6.45) is 11.6. The van der Waals surface area contributed by atoms with Crippen LogP contribution >= 0.6 is 0 Å². The quantitative estimate of drug-likeness (QED) is 0.705.